The predicted molar refractivity (Wildman–Crippen MR) is 110 cm³/mol. The molecule has 0 saturated carbocycles. The second kappa shape index (κ2) is 8.53. The summed E-state index contributed by atoms with van der Waals surface area (Å²) in [5.74, 6) is 0.607. The van der Waals surface area contributed by atoms with Crippen LogP contribution < -0.4 is 13.8 Å². The van der Waals surface area contributed by atoms with Gasteiger partial charge in [-0.25, -0.2) is 12.8 Å². The number of rotatable bonds is 7. The smallest absolute Gasteiger partial charge is 0.264 e. The van der Waals surface area contributed by atoms with E-state index in [-0.39, 0.29) is 11.4 Å². The van der Waals surface area contributed by atoms with Gasteiger partial charge in [0, 0.05) is 0 Å². The Labute approximate surface area is 170 Å². The monoisotopic (exact) mass is 415 g/mol. The van der Waals surface area contributed by atoms with Crippen LogP contribution in [-0.2, 0) is 16.6 Å². The highest BCUT2D eigenvalue weighted by atomic mass is 32.2. The number of hydrogen-bond donors (Lipinski definition) is 0. The fourth-order valence-corrected chi connectivity index (χ4v) is 4.36. The van der Waals surface area contributed by atoms with Crippen molar-refractivity contribution in [2.45, 2.75) is 18.4 Å². The Morgan fingerprint density at radius 2 is 1.48 bits per heavy atom. The first-order valence-corrected chi connectivity index (χ1v) is 10.3. The Morgan fingerprint density at radius 3 is 2.07 bits per heavy atom. The molecule has 152 valence electrons. The molecule has 0 unspecified atom stereocenters. The second-order valence-corrected chi connectivity index (χ2v) is 8.35. The summed E-state index contributed by atoms with van der Waals surface area (Å²) in [6, 6.07) is 17.2. The van der Waals surface area contributed by atoms with E-state index in [1.165, 1.54) is 42.8 Å². The predicted octanol–water partition coefficient (Wildman–Crippen LogP) is 4.55. The topological polar surface area (TPSA) is 55.8 Å². The maximum absolute atomic E-state index is 13.4. The number of aryl methyl sites for hydroxylation is 1. The molecule has 0 aliphatic rings. The molecule has 0 aliphatic carbocycles. The van der Waals surface area contributed by atoms with Crippen molar-refractivity contribution in [2.75, 3.05) is 18.5 Å². The summed E-state index contributed by atoms with van der Waals surface area (Å²) < 4.78 is 52.0. The van der Waals surface area contributed by atoms with Gasteiger partial charge in [-0.1, -0.05) is 23.8 Å². The lowest BCUT2D eigenvalue weighted by Crippen LogP contribution is -2.30. The largest absolute Gasteiger partial charge is 0.493 e. The number of sulfonamides is 1. The third-order valence-corrected chi connectivity index (χ3v) is 6.29. The van der Waals surface area contributed by atoms with Gasteiger partial charge < -0.3 is 9.47 Å². The molecule has 29 heavy (non-hydrogen) atoms. The third-order valence-electron chi connectivity index (χ3n) is 4.50. The van der Waals surface area contributed by atoms with E-state index in [0.29, 0.717) is 22.7 Å². The first kappa shape index (κ1) is 20.7. The Balaban J connectivity index is 2.06. The molecule has 0 aliphatic heterocycles. The van der Waals surface area contributed by atoms with Crippen LogP contribution >= 0.6 is 0 Å². The van der Waals surface area contributed by atoms with Crippen LogP contribution in [0.5, 0.6) is 11.5 Å². The molecule has 0 spiro atoms. The summed E-state index contributed by atoms with van der Waals surface area (Å²) in [7, 11) is -0.830. The van der Waals surface area contributed by atoms with Crippen molar-refractivity contribution in [3.8, 4) is 11.5 Å². The lowest BCUT2D eigenvalue weighted by Gasteiger charge is -2.25. The molecule has 0 heterocycles. The zero-order chi connectivity index (χ0) is 21.0. The van der Waals surface area contributed by atoms with E-state index >= 15 is 0 Å². The number of benzene rings is 3. The molecule has 0 N–H and O–H groups in total. The Kier molecular flexibility index (Phi) is 6.08. The molecule has 7 heteroatoms. The van der Waals surface area contributed by atoms with E-state index in [9.17, 15) is 12.8 Å². The number of ether oxygens (including phenoxy) is 2. The van der Waals surface area contributed by atoms with Gasteiger partial charge in [-0.3, -0.25) is 4.31 Å². The first-order valence-electron chi connectivity index (χ1n) is 8.91. The molecule has 3 aromatic rings. The van der Waals surface area contributed by atoms with Crippen LogP contribution in [0.15, 0.2) is 71.6 Å². The van der Waals surface area contributed by atoms with E-state index in [0.717, 1.165) is 5.56 Å². The fourth-order valence-electron chi connectivity index (χ4n) is 2.90. The summed E-state index contributed by atoms with van der Waals surface area (Å²) in [5.41, 5.74) is 2.02. The molecule has 0 atom stereocenters. The van der Waals surface area contributed by atoms with Crippen molar-refractivity contribution >= 4 is 15.7 Å². The zero-order valence-electron chi connectivity index (χ0n) is 16.4. The summed E-state index contributed by atoms with van der Waals surface area (Å²) >= 11 is 0. The van der Waals surface area contributed by atoms with E-state index in [4.69, 9.17) is 9.47 Å². The minimum absolute atomic E-state index is 0.0438. The number of methoxy groups -OCH3 is 2. The maximum Gasteiger partial charge on any atom is 0.264 e. The summed E-state index contributed by atoms with van der Waals surface area (Å²) in [6.07, 6.45) is 0. The average molecular weight is 415 g/mol. The van der Waals surface area contributed by atoms with E-state index in [1.807, 2.05) is 6.92 Å². The number of nitrogens with zero attached hydrogens (tertiary/aromatic N) is 1. The average Bonchev–Trinajstić information content (AvgIpc) is 2.72. The lowest BCUT2D eigenvalue weighted by molar-refractivity contribution is 0.354. The molecule has 0 aromatic heterocycles. The van der Waals surface area contributed by atoms with Crippen LogP contribution in [0.1, 0.15) is 11.1 Å². The lowest BCUT2D eigenvalue weighted by atomic mass is 10.2. The second-order valence-electron chi connectivity index (χ2n) is 6.49. The van der Waals surface area contributed by atoms with E-state index < -0.39 is 15.8 Å². The molecular formula is C22H22FNO4S. The third kappa shape index (κ3) is 4.51. The molecule has 0 amide bonds. The minimum Gasteiger partial charge on any atom is -0.493 e. The van der Waals surface area contributed by atoms with Crippen molar-refractivity contribution in [1.82, 2.24) is 0 Å². The highest BCUT2D eigenvalue weighted by Gasteiger charge is 2.25. The van der Waals surface area contributed by atoms with Gasteiger partial charge in [-0.2, -0.15) is 0 Å². The Morgan fingerprint density at radius 1 is 0.862 bits per heavy atom. The van der Waals surface area contributed by atoms with E-state index in [1.54, 1.807) is 42.5 Å². The highest BCUT2D eigenvalue weighted by Crippen LogP contribution is 2.31. The molecule has 5 nitrogen and oxygen atoms in total. The Bertz CT molecular complexity index is 1080. The summed E-state index contributed by atoms with van der Waals surface area (Å²) in [4.78, 5) is 0.160. The van der Waals surface area contributed by atoms with Crippen molar-refractivity contribution in [3.05, 3.63) is 83.7 Å². The van der Waals surface area contributed by atoms with Crippen molar-refractivity contribution in [1.29, 1.82) is 0 Å². The van der Waals surface area contributed by atoms with Crippen LogP contribution in [0.25, 0.3) is 0 Å². The standard InChI is InChI=1S/C22H22FNO4S/c1-16-4-11-20(12-5-16)29(25,26)24(19-9-7-18(23)8-10-19)15-17-6-13-21(27-2)22(14-17)28-3/h4-14H,15H2,1-3H3. The van der Waals surface area contributed by atoms with Crippen LogP contribution in [0.4, 0.5) is 10.1 Å². The van der Waals surface area contributed by atoms with Crippen LogP contribution in [0, 0.1) is 12.7 Å². The van der Waals surface area contributed by atoms with Gasteiger partial charge in [0.25, 0.3) is 10.0 Å². The molecule has 3 aromatic carbocycles. The highest BCUT2D eigenvalue weighted by molar-refractivity contribution is 7.92. The molecule has 0 bridgehead atoms. The van der Waals surface area contributed by atoms with Gasteiger partial charge in [0.05, 0.1) is 31.3 Å². The normalized spacial score (nSPS) is 11.2. The number of halogens is 1. The number of hydrogen-bond acceptors (Lipinski definition) is 4. The molecule has 0 saturated heterocycles. The first-order chi connectivity index (χ1) is 13.8. The van der Waals surface area contributed by atoms with E-state index in [2.05, 4.69) is 0 Å². The maximum atomic E-state index is 13.4. The van der Waals surface area contributed by atoms with Crippen molar-refractivity contribution < 1.29 is 22.3 Å². The molecule has 0 radical (unpaired) electrons. The van der Waals surface area contributed by atoms with Gasteiger partial charge in [0.2, 0.25) is 0 Å². The zero-order valence-corrected chi connectivity index (χ0v) is 17.2. The van der Waals surface area contributed by atoms with Crippen LogP contribution in [0.2, 0.25) is 0 Å². The Hall–Kier alpha value is -3.06. The van der Waals surface area contributed by atoms with Crippen molar-refractivity contribution in [3.63, 3.8) is 0 Å². The van der Waals surface area contributed by atoms with Gasteiger partial charge in [0.15, 0.2) is 11.5 Å². The quantitative estimate of drug-likeness (QED) is 0.568. The number of anilines is 1. The molecule has 0 fully saturated rings. The molecule has 3 rings (SSSR count). The SMILES string of the molecule is COc1ccc(CN(c2ccc(F)cc2)S(=O)(=O)c2ccc(C)cc2)cc1OC. The fraction of sp³-hybridized carbons (Fsp3) is 0.182. The minimum atomic E-state index is -3.88. The van der Waals surface area contributed by atoms with Crippen LogP contribution in [0.3, 0.4) is 0 Å². The van der Waals surface area contributed by atoms with Gasteiger partial charge in [0.1, 0.15) is 5.82 Å². The van der Waals surface area contributed by atoms with Gasteiger partial charge in [-0.05, 0) is 61.0 Å². The molecular weight excluding hydrogens is 393 g/mol. The van der Waals surface area contributed by atoms with Gasteiger partial charge in [-0.15, -0.1) is 0 Å². The van der Waals surface area contributed by atoms with Gasteiger partial charge >= 0.3 is 0 Å². The summed E-state index contributed by atoms with van der Waals surface area (Å²) in [5, 5.41) is 0. The summed E-state index contributed by atoms with van der Waals surface area (Å²) in [6.45, 7) is 1.93. The van der Waals surface area contributed by atoms with Crippen LogP contribution in [-0.4, -0.2) is 22.6 Å². The van der Waals surface area contributed by atoms with Crippen molar-refractivity contribution in [2.24, 2.45) is 0 Å².